The number of thioether (sulfide) groups is 1. The van der Waals surface area contributed by atoms with Crippen molar-refractivity contribution in [3.05, 3.63) is 60.7 Å². The van der Waals surface area contributed by atoms with Gasteiger partial charge in [0.25, 0.3) is 0 Å². The summed E-state index contributed by atoms with van der Waals surface area (Å²) in [4.78, 5) is 0.917. The summed E-state index contributed by atoms with van der Waals surface area (Å²) in [7, 11) is 0. The second-order valence-corrected chi connectivity index (χ2v) is 5.30. The van der Waals surface area contributed by atoms with Crippen molar-refractivity contribution in [3.63, 3.8) is 0 Å². The molecule has 94 valence electrons. The highest BCUT2D eigenvalue weighted by molar-refractivity contribution is 7.98. The summed E-state index contributed by atoms with van der Waals surface area (Å²) in [5, 5.41) is 12.2. The van der Waals surface area contributed by atoms with Gasteiger partial charge in [-0.05, 0) is 46.4 Å². The molecule has 0 aliphatic carbocycles. The number of rotatable bonds is 2. The third-order valence-corrected chi connectivity index (χ3v) is 4.01. The summed E-state index contributed by atoms with van der Waals surface area (Å²) < 4.78 is 0. The van der Waals surface area contributed by atoms with Crippen LogP contribution in [0, 0.1) is 0 Å². The predicted molar refractivity (Wildman–Crippen MR) is 82.8 cm³/mol. The molecule has 3 aromatic rings. The molecule has 3 rings (SSSR count). The molecule has 0 saturated carbocycles. The Hall–Kier alpha value is -1.93. The molecule has 1 nitrogen and oxygen atoms in total. The van der Waals surface area contributed by atoms with Gasteiger partial charge in [0.1, 0.15) is 5.75 Å². The van der Waals surface area contributed by atoms with Crippen LogP contribution in [0.15, 0.2) is 65.6 Å². The minimum Gasteiger partial charge on any atom is -0.507 e. The maximum atomic E-state index is 9.95. The molecule has 0 bridgehead atoms. The van der Waals surface area contributed by atoms with Gasteiger partial charge in [-0.2, -0.15) is 0 Å². The standard InChI is InChI=1S/C17H14OS/c1-19-17-11-14-8-7-13(9-15(14)10-16(17)18)12-5-3-2-4-6-12/h2-11,18H,1H3. The normalized spacial score (nSPS) is 10.8. The zero-order chi connectivity index (χ0) is 13.2. The van der Waals surface area contributed by atoms with Gasteiger partial charge < -0.3 is 5.11 Å². The van der Waals surface area contributed by atoms with E-state index in [0.717, 1.165) is 15.7 Å². The highest BCUT2D eigenvalue weighted by Gasteiger charge is 2.04. The van der Waals surface area contributed by atoms with Gasteiger partial charge in [0.2, 0.25) is 0 Å². The molecule has 0 amide bonds. The molecule has 0 aliphatic heterocycles. The van der Waals surface area contributed by atoms with Crippen LogP contribution < -0.4 is 0 Å². The number of hydrogen-bond donors (Lipinski definition) is 1. The van der Waals surface area contributed by atoms with E-state index in [1.165, 1.54) is 11.1 Å². The lowest BCUT2D eigenvalue weighted by Crippen LogP contribution is -1.80. The molecule has 2 heteroatoms. The summed E-state index contributed by atoms with van der Waals surface area (Å²) in [6.07, 6.45) is 1.97. The van der Waals surface area contributed by atoms with Gasteiger partial charge in [0, 0.05) is 4.90 Å². The third kappa shape index (κ3) is 2.32. The Bertz CT molecular complexity index is 720. The van der Waals surface area contributed by atoms with Gasteiger partial charge >= 0.3 is 0 Å². The van der Waals surface area contributed by atoms with Gasteiger partial charge in [-0.25, -0.2) is 0 Å². The van der Waals surface area contributed by atoms with E-state index >= 15 is 0 Å². The first-order valence-electron chi connectivity index (χ1n) is 6.14. The van der Waals surface area contributed by atoms with Crippen LogP contribution in [-0.2, 0) is 0 Å². The van der Waals surface area contributed by atoms with E-state index in [1.807, 2.05) is 36.6 Å². The van der Waals surface area contributed by atoms with Crippen molar-refractivity contribution >= 4 is 22.5 Å². The minimum absolute atomic E-state index is 0.352. The third-order valence-electron chi connectivity index (χ3n) is 3.25. The van der Waals surface area contributed by atoms with Crippen LogP contribution in [0.3, 0.4) is 0 Å². The lowest BCUT2D eigenvalue weighted by Gasteiger charge is -2.07. The summed E-state index contributed by atoms with van der Waals surface area (Å²) in [6.45, 7) is 0. The molecular formula is C17H14OS. The monoisotopic (exact) mass is 266 g/mol. The fourth-order valence-corrected chi connectivity index (χ4v) is 2.75. The van der Waals surface area contributed by atoms with Crippen molar-refractivity contribution in [1.82, 2.24) is 0 Å². The Morgan fingerprint density at radius 1 is 0.789 bits per heavy atom. The van der Waals surface area contributed by atoms with E-state index in [2.05, 4.69) is 30.3 Å². The quantitative estimate of drug-likeness (QED) is 0.663. The van der Waals surface area contributed by atoms with Crippen LogP contribution in [0.2, 0.25) is 0 Å². The van der Waals surface area contributed by atoms with Crippen molar-refractivity contribution in [2.75, 3.05) is 6.26 Å². The average Bonchev–Trinajstić information content (AvgIpc) is 2.47. The van der Waals surface area contributed by atoms with Crippen LogP contribution in [0.1, 0.15) is 0 Å². The van der Waals surface area contributed by atoms with Crippen LogP contribution in [0.5, 0.6) is 5.75 Å². The van der Waals surface area contributed by atoms with Crippen molar-refractivity contribution in [2.45, 2.75) is 4.90 Å². The number of benzene rings is 3. The molecule has 0 spiro atoms. The Morgan fingerprint density at radius 2 is 1.58 bits per heavy atom. The maximum Gasteiger partial charge on any atom is 0.129 e. The van der Waals surface area contributed by atoms with E-state index in [4.69, 9.17) is 0 Å². The average molecular weight is 266 g/mol. The zero-order valence-electron chi connectivity index (χ0n) is 10.6. The Kier molecular flexibility index (Phi) is 3.18. The summed E-state index contributed by atoms with van der Waals surface area (Å²) >= 11 is 1.56. The summed E-state index contributed by atoms with van der Waals surface area (Å²) in [5.41, 5.74) is 2.36. The highest BCUT2D eigenvalue weighted by Crippen LogP contribution is 2.33. The number of phenolic OH excluding ortho intramolecular Hbond substituents is 1. The fourth-order valence-electron chi connectivity index (χ4n) is 2.24. The van der Waals surface area contributed by atoms with Gasteiger partial charge in [-0.3, -0.25) is 0 Å². The molecule has 0 radical (unpaired) electrons. The SMILES string of the molecule is CSc1cc2ccc(-c3ccccc3)cc2cc1O. The smallest absolute Gasteiger partial charge is 0.129 e. The molecule has 0 heterocycles. The van der Waals surface area contributed by atoms with Crippen LogP contribution >= 0.6 is 11.8 Å². The lowest BCUT2D eigenvalue weighted by atomic mass is 10.0. The number of phenols is 1. The minimum atomic E-state index is 0.352. The van der Waals surface area contributed by atoms with Crippen molar-refractivity contribution in [2.24, 2.45) is 0 Å². The van der Waals surface area contributed by atoms with E-state index in [1.54, 1.807) is 11.8 Å². The number of aromatic hydroxyl groups is 1. The van der Waals surface area contributed by atoms with Crippen molar-refractivity contribution in [3.8, 4) is 16.9 Å². The Morgan fingerprint density at radius 3 is 2.32 bits per heavy atom. The molecule has 0 unspecified atom stereocenters. The fraction of sp³-hybridized carbons (Fsp3) is 0.0588. The molecule has 0 fully saturated rings. The van der Waals surface area contributed by atoms with Gasteiger partial charge in [0.05, 0.1) is 0 Å². The predicted octanol–water partition coefficient (Wildman–Crippen LogP) is 4.93. The largest absolute Gasteiger partial charge is 0.507 e. The van der Waals surface area contributed by atoms with Crippen LogP contribution in [0.4, 0.5) is 0 Å². The summed E-state index contributed by atoms with van der Waals surface area (Å²) in [6, 6.07) is 20.5. The molecule has 0 atom stereocenters. The van der Waals surface area contributed by atoms with E-state index in [0.29, 0.717) is 5.75 Å². The van der Waals surface area contributed by atoms with E-state index in [-0.39, 0.29) is 0 Å². The van der Waals surface area contributed by atoms with Gasteiger partial charge in [-0.15, -0.1) is 11.8 Å². The lowest BCUT2D eigenvalue weighted by molar-refractivity contribution is 0.463. The van der Waals surface area contributed by atoms with Crippen molar-refractivity contribution < 1.29 is 5.11 Å². The second kappa shape index (κ2) is 4.98. The molecule has 0 aromatic heterocycles. The highest BCUT2D eigenvalue weighted by atomic mass is 32.2. The van der Waals surface area contributed by atoms with E-state index < -0.39 is 0 Å². The molecule has 19 heavy (non-hydrogen) atoms. The Labute approximate surface area is 116 Å². The molecule has 0 aliphatic rings. The second-order valence-electron chi connectivity index (χ2n) is 4.45. The Balaban J connectivity index is 2.16. The van der Waals surface area contributed by atoms with Crippen LogP contribution in [-0.4, -0.2) is 11.4 Å². The van der Waals surface area contributed by atoms with Crippen LogP contribution in [0.25, 0.3) is 21.9 Å². The number of fused-ring (bicyclic) bond motifs is 1. The van der Waals surface area contributed by atoms with Gasteiger partial charge in [-0.1, -0.05) is 42.5 Å². The number of hydrogen-bond acceptors (Lipinski definition) is 2. The van der Waals surface area contributed by atoms with Gasteiger partial charge in [0.15, 0.2) is 0 Å². The first-order valence-corrected chi connectivity index (χ1v) is 7.36. The first-order chi connectivity index (χ1) is 9.28. The maximum absolute atomic E-state index is 9.95. The molecule has 3 aromatic carbocycles. The molecule has 1 N–H and O–H groups in total. The summed E-state index contributed by atoms with van der Waals surface area (Å²) in [5.74, 6) is 0.352. The van der Waals surface area contributed by atoms with Crippen molar-refractivity contribution in [1.29, 1.82) is 0 Å². The molecule has 0 saturated heterocycles. The van der Waals surface area contributed by atoms with E-state index in [9.17, 15) is 5.11 Å². The first kappa shape index (κ1) is 12.1. The topological polar surface area (TPSA) is 20.2 Å². The zero-order valence-corrected chi connectivity index (χ0v) is 11.4. The molecular weight excluding hydrogens is 252 g/mol.